The van der Waals surface area contributed by atoms with E-state index in [-0.39, 0.29) is 12.8 Å². The molecule has 1 saturated carbocycles. The third kappa shape index (κ3) is 5.59. The van der Waals surface area contributed by atoms with Crippen molar-refractivity contribution in [2.24, 2.45) is 0 Å². The Balaban J connectivity index is 1.93. The van der Waals surface area contributed by atoms with Crippen molar-refractivity contribution < 1.29 is 14.3 Å². The lowest BCUT2D eigenvalue weighted by molar-refractivity contribution is 0.0641. The lowest BCUT2D eigenvalue weighted by Gasteiger charge is -2.12. The summed E-state index contributed by atoms with van der Waals surface area (Å²) in [5.74, 6) is 0. The van der Waals surface area contributed by atoms with Crippen molar-refractivity contribution in [3.05, 3.63) is 0 Å². The summed E-state index contributed by atoms with van der Waals surface area (Å²) in [6.07, 6.45) is 4.63. The Morgan fingerprint density at radius 2 is 2.07 bits per heavy atom. The van der Waals surface area contributed by atoms with Crippen LogP contribution in [0, 0.1) is 0 Å². The maximum Gasteiger partial charge on any atom is 0.316 e. The van der Waals surface area contributed by atoms with Gasteiger partial charge in [-0.25, -0.2) is 4.79 Å². The molecule has 0 aromatic carbocycles. The highest BCUT2D eigenvalue weighted by atomic mass is 16.5. The smallest absolute Gasteiger partial charge is 0.316 e. The minimum absolute atomic E-state index is 0.140. The third-order valence-electron chi connectivity index (χ3n) is 2.46. The molecule has 5 nitrogen and oxygen atoms in total. The van der Waals surface area contributed by atoms with Crippen LogP contribution in [0.2, 0.25) is 0 Å². The first kappa shape index (κ1) is 12.3. The Bertz CT molecular complexity index is 182. The third-order valence-corrected chi connectivity index (χ3v) is 2.46. The van der Waals surface area contributed by atoms with E-state index in [2.05, 4.69) is 10.6 Å². The molecule has 1 aliphatic rings. The number of urea groups is 1. The minimum Gasteiger partial charge on any atom is -0.382 e. The van der Waals surface area contributed by atoms with Gasteiger partial charge in [-0.3, -0.25) is 0 Å². The Labute approximate surface area is 90.5 Å². The molecule has 2 amide bonds. The molecule has 0 radical (unpaired) electrons. The summed E-state index contributed by atoms with van der Waals surface area (Å²) in [7, 11) is 1.61. The molecule has 1 fully saturated rings. The summed E-state index contributed by atoms with van der Waals surface area (Å²) in [4.78, 5) is 11.3. The average molecular weight is 216 g/mol. The van der Waals surface area contributed by atoms with E-state index in [0.29, 0.717) is 19.3 Å². The number of rotatable bonds is 6. The number of carbonyl (C=O) groups is 1. The van der Waals surface area contributed by atoms with Crippen LogP contribution in [0.3, 0.4) is 0 Å². The number of ether oxygens (including phenoxy) is 2. The number of hydrogen-bond acceptors (Lipinski definition) is 3. The van der Waals surface area contributed by atoms with E-state index >= 15 is 0 Å². The standard InChI is InChI=1S/C10H20N2O3/c1-14-6-7-15-8-11-10(13)12-9-4-2-3-5-9/h9H,2-8H2,1H3,(H2,11,12,13). The highest BCUT2D eigenvalue weighted by Crippen LogP contribution is 2.17. The summed E-state index contributed by atoms with van der Waals surface area (Å²) in [6.45, 7) is 1.29. The van der Waals surface area contributed by atoms with Crippen LogP contribution in [-0.4, -0.2) is 39.1 Å². The molecule has 1 aliphatic carbocycles. The quantitative estimate of drug-likeness (QED) is 0.511. The van der Waals surface area contributed by atoms with Gasteiger partial charge in [0.15, 0.2) is 0 Å². The first-order chi connectivity index (χ1) is 7.33. The normalized spacial score (nSPS) is 16.6. The van der Waals surface area contributed by atoms with Crippen LogP contribution in [0.25, 0.3) is 0 Å². The van der Waals surface area contributed by atoms with Gasteiger partial charge in [-0.05, 0) is 12.8 Å². The molecule has 0 atom stereocenters. The van der Waals surface area contributed by atoms with Crippen molar-refractivity contribution in [3.8, 4) is 0 Å². The van der Waals surface area contributed by atoms with Crippen LogP contribution in [-0.2, 0) is 9.47 Å². The van der Waals surface area contributed by atoms with Crippen molar-refractivity contribution in [2.45, 2.75) is 31.7 Å². The molecular weight excluding hydrogens is 196 g/mol. The zero-order valence-corrected chi connectivity index (χ0v) is 9.25. The topological polar surface area (TPSA) is 59.6 Å². The SMILES string of the molecule is COCCOCNC(=O)NC1CCCC1. The average Bonchev–Trinajstić information content (AvgIpc) is 2.70. The molecule has 0 saturated heterocycles. The number of methoxy groups -OCH3 is 1. The van der Waals surface area contributed by atoms with Gasteiger partial charge in [0.1, 0.15) is 6.73 Å². The minimum atomic E-state index is -0.140. The van der Waals surface area contributed by atoms with E-state index < -0.39 is 0 Å². The Kier molecular flexibility index (Phi) is 6.11. The van der Waals surface area contributed by atoms with Crippen molar-refractivity contribution in [1.29, 1.82) is 0 Å². The highest BCUT2D eigenvalue weighted by Gasteiger charge is 2.16. The molecule has 0 bridgehead atoms. The molecule has 0 unspecified atom stereocenters. The molecule has 88 valence electrons. The summed E-state index contributed by atoms with van der Waals surface area (Å²) >= 11 is 0. The van der Waals surface area contributed by atoms with Gasteiger partial charge in [0.05, 0.1) is 13.2 Å². The van der Waals surface area contributed by atoms with E-state index in [9.17, 15) is 4.79 Å². The maximum absolute atomic E-state index is 11.3. The molecule has 5 heteroatoms. The predicted octanol–water partition coefficient (Wildman–Crippen LogP) is 0.849. The number of amides is 2. The van der Waals surface area contributed by atoms with Gasteiger partial charge in [-0.1, -0.05) is 12.8 Å². The summed E-state index contributed by atoms with van der Waals surface area (Å²) < 4.78 is 9.92. The van der Waals surface area contributed by atoms with Crippen LogP contribution in [0.5, 0.6) is 0 Å². The van der Waals surface area contributed by atoms with Gasteiger partial charge in [-0.15, -0.1) is 0 Å². The zero-order valence-electron chi connectivity index (χ0n) is 9.25. The van der Waals surface area contributed by atoms with E-state index in [1.807, 2.05) is 0 Å². The summed E-state index contributed by atoms with van der Waals surface area (Å²) in [5.41, 5.74) is 0. The second kappa shape index (κ2) is 7.48. The molecule has 0 heterocycles. The van der Waals surface area contributed by atoms with E-state index in [4.69, 9.17) is 9.47 Å². The Morgan fingerprint density at radius 3 is 2.73 bits per heavy atom. The molecule has 15 heavy (non-hydrogen) atoms. The fraction of sp³-hybridized carbons (Fsp3) is 0.900. The highest BCUT2D eigenvalue weighted by molar-refractivity contribution is 5.74. The Hall–Kier alpha value is -0.810. The lowest BCUT2D eigenvalue weighted by Crippen LogP contribution is -2.41. The molecule has 0 aliphatic heterocycles. The van der Waals surface area contributed by atoms with Gasteiger partial charge in [0, 0.05) is 13.2 Å². The monoisotopic (exact) mass is 216 g/mol. The largest absolute Gasteiger partial charge is 0.382 e. The van der Waals surface area contributed by atoms with Gasteiger partial charge >= 0.3 is 6.03 Å². The molecular formula is C10H20N2O3. The number of hydrogen-bond donors (Lipinski definition) is 2. The first-order valence-electron chi connectivity index (χ1n) is 5.44. The molecule has 0 aromatic rings. The van der Waals surface area contributed by atoms with Crippen LogP contribution in [0.4, 0.5) is 4.79 Å². The maximum atomic E-state index is 11.3. The van der Waals surface area contributed by atoms with Gasteiger partial charge in [0.2, 0.25) is 0 Å². The number of carbonyl (C=O) groups excluding carboxylic acids is 1. The molecule has 0 aromatic heterocycles. The van der Waals surface area contributed by atoms with Crippen LogP contribution in [0.1, 0.15) is 25.7 Å². The first-order valence-corrected chi connectivity index (χ1v) is 5.44. The van der Waals surface area contributed by atoms with Crippen molar-refractivity contribution >= 4 is 6.03 Å². The van der Waals surface area contributed by atoms with Crippen molar-refractivity contribution in [3.63, 3.8) is 0 Å². The van der Waals surface area contributed by atoms with Crippen LogP contribution in [0.15, 0.2) is 0 Å². The number of nitrogens with one attached hydrogen (secondary N) is 2. The second-order valence-corrected chi connectivity index (χ2v) is 3.68. The van der Waals surface area contributed by atoms with Crippen molar-refractivity contribution in [2.75, 3.05) is 27.1 Å². The van der Waals surface area contributed by atoms with Crippen LogP contribution >= 0.6 is 0 Å². The van der Waals surface area contributed by atoms with Gasteiger partial charge in [0.25, 0.3) is 0 Å². The zero-order chi connectivity index (χ0) is 10.9. The summed E-state index contributed by atoms with van der Waals surface area (Å²) in [5, 5.41) is 5.55. The lowest BCUT2D eigenvalue weighted by atomic mass is 10.3. The molecule has 2 N–H and O–H groups in total. The fourth-order valence-corrected chi connectivity index (χ4v) is 1.64. The Morgan fingerprint density at radius 1 is 1.33 bits per heavy atom. The van der Waals surface area contributed by atoms with Gasteiger partial charge < -0.3 is 20.1 Å². The van der Waals surface area contributed by atoms with E-state index in [1.165, 1.54) is 12.8 Å². The summed E-state index contributed by atoms with van der Waals surface area (Å²) in [6, 6.07) is 0.211. The van der Waals surface area contributed by atoms with Gasteiger partial charge in [-0.2, -0.15) is 0 Å². The fourth-order valence-electron chi connectivity index (χ4n) is 1.64. The molecule has 1 rings (SSSR count). The second-order valence-electron chi connectivity index (χ2n) is 3.68. The van der Waals surface area contributed by atoms with E-state index in [0.717, 1.165) is 12.8 Å². The predicted molar refractivity (Wildman–Crippen MR) is 56.6 cm³/mol. The molecule has 0 spiro atoms. The van der Waals surface area contributed by atoms with Crippen molar-refractivity contribution in [1.82, 2.24) is 10.6 Å². The van der Waals surface area contributed by atoms with E-state index in [1.54, 1.807) is 7.11 Å². The van der Waals surface area contributed by atoms with Crippen LogP contribution < -0.4 is 10.6 Å².